The summed E-state index contributed by atoms with van der Waals surface area (Å²) in [6.45, 7) is 0. The van der Waals surface area contributed by atoms with Crippen molar-refractivity contribution >= 4 is 29.0 Å². The number of benzene rings is 2. The van der Waals surface area contributed by atoms with Gasteiger partial charge in [0.15, 0.2) is 0 Å². The van der Waals surface area contributed by atoms with Crippen LogP contribution < -0.4 is 10.1 Å². The molecule has 0 bridgehead atoms. The summed E-state index contributed by atoms with van der Waals surface area (Å²) in [5, 5.41) is 1.89. The average molecular weight is 297 g/mol. The maximum Gasteiger partial charge on any atom is 0.290 e. The number of carbonyl (C=O) groups excluding carboxylic acids is 2. The molecular formula is C16H11NO3S. The summed E-state index contributed by atoms with van der Waals surface area (Å²) < 4.78 is 5.68. The lowest BCUT2D eigenvalue weighted by Crippen LogP contribution is -2.17. The van der Waals surface area contributed by atoms with Gasteiger partial charge in [0.05, 0.1) is 4.91 Å². The highest BCUT2D eigenvalue weighted by atomic mass is 32.2. The molecule has 2 aromatic carbocycles. The van der Waals surface area contributed by atoms with Gasteiger partial charge in [0, 0.05) is 0 Å². The topological polar surface area (TPSA) is 55.4 Å². The molecule has 1 heterocycles. The van der Waals surface area contributed by atoms with Crippen molar-refractivity contribution in [2.24, 2.45) is 0 Å². The van der Waals surface area contributed by atoms with E-state index in [-0.39, 0.29) is 11.1 Å². The van der Waals surface area contributed by atoms with Gasteiger partial charge < -0.3 is 4.74 Å². The summed E-state index contributed by atoms with van der Waals surface area (Å²) in [6.07, 6.45) is 1.68. The van der Waals surface area contributed by atoms with Crippen LogP contribution in [0.5, 0.6) is 11.5 Å². The van der Waals surface area contributed by atoms with Crippen molar-refractivity contribution in [2.75, 3.05) is 0 Å². The number of thioether (sulfide) groups is 1. The summed E-state index contributed by atoms with van der Waals surface area (Å²) in [4.78, 5) is 22.9. The molecule has 0 spiro atoms. The molecule has 2 aromatic rings. The molecule has 0 unspecified atom stereocenters. The number of ether oxygens (including phenoxy) is 1. The number of nitrogens with one attached hydrogen (secondary N) is 1. The van der Waals surface area contributed by atoms with Crippen molar-refractivity contribution in [3.05, 3.63) is 65.1 Å². The first-order chi connectivity index (χ1) is 10.2. The summed E-state index contributed by atoms with van der Waals surface area (Å²) in [7, 11) is 0. The van der Waals surface area contributed by atoms with E-state index < -0.39 is 0 Å². The highest BCUT2D eigenvalue weighted by Gasteiger charge is 2.24. The largest absolute Gasteiger partial charge is 0.457 e. The Morgan fingerprint density at radius 2 is 1.57 bits per heavy atom. The first-order valence-corrected chi connectivity index (χ1v) is 7.10. The monoisotopic (exact) mass is 297 g/mol. The van der Waals surface area contributed by atoms with E-state index >= 15 is 0 Å². The lowest BCUT2D eigenvalue weighted by molar-refractivity contribution is -0.115. The van der Waals surface area contributed by atoms with Crippen LogP contribution in [0.4, 0.5) is 4.79 Å². The number of para-hydroxylation sites is 1. The number of rotatable bonds is 3. The molecule has 0 radical (unpaired) electrons. The van der Waals surface area contributed by atoms with Gasteiger partial charge in [0.25, 0.3) is 11.1 Å². The predicted octanol–water partition coefficient (Wildman–Crippen LogP) is 3.80. The first-order valence-electron chi connectivity index (χ1n) is 6.28. The van der Waals surface area contributed by atoms with Crippen LogP contribution in [0, 0.1) is 0 Å². The van der Waals surface area contributed by atoms with E-state index in [9.17, 15) is 9.59 Å². The average Bonchev–Trinajstić information content (AvgIpc) is 2.80. The smallest absolute Gasteiger partial charge is 0.290 e. The van der Waals surface area contributed by atoms with Crippen molar-refractivity contribution < 1.29 is 14.3 Å². The maximum absolute atomic E-state index is 11.5. The van der Waals surface area contributed by atoms with Gasteiger partial charge in [-0.3, -0.25) is 14.9 Å². The molecule has 21 heavy (non-hydrogen) atoms. The molecule has 3 rings (SSSR count). The van der Waals surface area contributed by atoms with E-state index in [0.29, 0.717) is 10.7 Å². The fraction of sp³-hybridized carbons (Fsp3) is 0. The minimum Gasteiger partial charge on any atom is -0.457 e. The Bertz CT molecular complexity index is 708. The normalized spacial score (nSPS) is 16.1. The number of carbonyl (C=O) groups is 2. The summed E-state index contributed by atoms with van der Waals surface area (Å²) >= 11 is 0.906. The number of imide groups is 1. The Hall–Kier alpha value is -2.53. The second-order valence-corrected chi connectivity index (χ2v) is 5.35. The zero-order chi connectivity index (χ0) is 14.7. The van der Waals surface area contributed by atoms with E-state index in [1.54, 1.807) is 6.08 Å². The Morgan fingerprint density at radius 3 is 2.19 bits per heavy atom. The minimum absolute atomic E-state index is 0.338. The van der Waals surface area contributed by atoms with E-state index in [1.807, 2.05) is 54.6 Å². The van der Waals surface area contributed by atoms with Crippen molar-refractivity contribution in [2.45, 2.75) is 0 Å². The third kappa shape index (κ3) is 3.32. The number of hydrogen-bond donors (Lipinski definition) is 1. The Balaban J connectivity index is 1.74. The van der Waals surface area contributed by atoms with Crippen LogP contribution in [0.1, 0.15) is 5.56 Å². The van der Waals surface area contributed by atoms with Gasteiger partial charge in [-0.2, -0.15) is 0 Å². The zero-order valence-corrected chi connectivity index (χ0v) is 11.7. The Morgan fingerprint density at radius 1 is 0.905 bits per heavy atom. The van der Waals surface area contributed by atoms with Crippen molar-refractivity contribution in [3.63, 3.8) is 0 Å². The van der Waals surface area contributed by atoms with Crippen LogP contribution in [0.3, 0.4) is 0 Å². The third-order valence-corrected chi connectivity index (χ3v) is 3.61. The molecule has 1 aliphatic rings. The summed E-state index contributed by atoms with van der Waals surface area (Å²) in [6, 6.07) is 16.8. The molecule has 0 saturated carbocycles. The summed E-state index contributed by atoms with van der Waals surface area (Å²) in [5.41, 5.74) is 0.836. The number of hydrogen-bond acceptors (Lipinski definition) is 4. The SMILES string of the molecule is O=C1NC(=O)/C(=C/c2ccc(Oc3ccccc3)cc2)S1. The molecule has 1 fully saturated rings. The van der Waals surface area contributed by atoms with E-state index in [2.05, 4.69) is 5.32 Å². The van der Waals surface area contributed by atoms with Gasteiger partial charge in [-0.05, 0) is 47.7 Å². The standard InChI is InChI=1S/C16H11NO3S/c18-15-14(21-16(19)17-15)10-11-6-8-13(9-7-11)20-12-4-2-1-3-5-12/h1-10H,(H,17,18,19)/b14-10-. The fourth-order valence-corrected chi connectivity index (χ4v) is 2.51. The van der Waals surface area contributed by atoms with E-state index in [0.717, 1.165) is 23.1 Å². The van der Waals surface area contributed by atoms with Crippen LogP contribution >= 0.6 is 11.8 Å². The highest BCUT2D eigenvalue weighted by Crippen LogP contribution is 2.27. The van der Waals surface area contributed by atoms with Crippen molar-refractivity contribution in [1.29, 1.82) is 0 Å². The van der Waals surface area contributed by atoms with Gasteiger partial charge in [0.2, 0.25) is 0 Å². The Labute approximate surface area is 125 Å². The quantitative estimate of drug-likeness (QED) is 0.875. The van der Waals surface area contributed by atoms with Gasteiger partial charge in [-0.15, -0.1) is 0 Å². The zero-order valence-electron chi connectivity index (χ0n) is 10.9. The molecular weight excluding hydrogens is 286 g/mol. The third-order valence-electron chi connectivity index (χ3n) is 2.80. The molecule has 2 amide bonds. The molecule has 1 aliphatic heterocycles. The van der Waals surface area contributed by atoms with Crippen LogP contribution in [-0.4, -0.2) is 11.1 Å². The lowest BCUT2D eigenvalue weighted by atomic mass is 10.2. The molecule has 0 aliphatic carbocycles. The molecule has 1 saturated heterocycles. The minimum atomic E-state index is -0.352. The van der Waals surface area contributed by atoms with Crippen LogP contribution in [0.2, 0.25) is 0 Å². The van der Waals surface area contributed by atoms with Crippen molar-refractivity contribution in [1.82, 2.24) is 5.32 Å². The van der Waals surface area contributed by atoms with Gasteiger partial charge in [-0.25, -0.2) is 0 Å². The van der Waals surface area contributed by atoms with Crippen LogP contribution in [0.25, 0.3) is 6.08 Å². The number of amides is 2. The maximum atomic E-state index is 11.5. The second kappa shape index (κ2) is 5.85. The fourth-order valence-electron chi connectivity index (χ4n) is 1.83. The molecule has 4 nitrogen and oxygen atoms in total. The van der Waals surface area contributed by atoms with E-state index in [1.165, 1.54) is 0 Å². The second-order valence-electron chi connectivity index (χ2n) is 4.34. The molecule has 0 atom stereocenters. The van der Waals surface area contributed by atoms with E-state index in [4.69, 9.17) is 4.74 Å². The molecule has 104 valence electrons. The van der Waals surface area contributed by atoms with Crippen LogP contribution in [0.15, 0.2) is 59.5 Å². The molecule has 0 aromatic heterocycles. The first kappa shape index (κ1) is 13.5. The highest BCUT2D eigenvalue weighted by molar-refractivity contribution is 8.18. The summed E-state index contributed by atoms with van der Waals surface area (Å²) in [5.74, 6) is 1.12. The van der Waals surface area contributed by atoms with Gasteiger partial charge in [0.1, 0.15) is 11.5 Å². The van der Waals surface area contributed by atoms with Gasteiger partial charge >= 0.3 is 0 Å². The van der Waals surface area contributed by atoms with Gasteiger partial charge in [-0.1, -0.05) is 30.3 Å². The van der Waals surface area contributed by atoms with Crippen molar-refractivity contribution in [3.8, 4) is 11.5 Å². The van der Waals surface area contributed by atoms with Crippen LogP contribution in [-0.2, 0) is 4.79 Å². The Kier molecular flexibility index (Phi) is 3.75. The molecule has 5 heteroatoms. The predicted molar refractivity (Wildman–Crippen MR) is 82.1 cm³/mol. The molecule has 1 N–H and O–H groups in total. The lowest BCUT2D eigenvalue weighted by Gasteiger charge is -2.05.